The predicted octanol–water partition coefficient (Wildman–Crippen LogP) is 1.29. The number of nitrogens with zero attached hydrogens (tertiary/aromatic N) is 3. The number of amides is 1. The lowest BCUT2D eigenvalue weighted by Crippen LogP contribution is -2.25. The van der Waals surface area contributed by atoms with Gasteiger partial charge in [-0.3, -0.25) is 10.2 Å². The number of hydrogen-bond acceptors (Lipinski definition) is 4. The van der Waals surface area contributed by atoms with Crippen molar-refractivity contribution in [3.8, 4) is 5.75 Å². The number of hydrogen-bond donors (Lipinski definition) is 1. The summed E-state index contributed by atoms with van der Waals surface area (Å²) in [4.78, 5) is 12.0. The molecule has 0 saturated heterocycles. The van der Waals surface area contributed by atoms with Crippen molar-refractivity contribution in [1.82, 2.24) is 14.9 Å². The fourth-order valence-electron chi connectivity index (χ4n) is 1.56. The number of rotatable bonds is 3. The van der Waals surface area contributed by atoms with Gasteiger partial charge in [-0.25, -0.2) is 4.68 Å². The first-order chi connectivity index (χ1) is 8.61. The second kappa shape index (κ2) is 4.87. The lowest BCUT2D eigenvalue weighted by molar-refractivity contribution is 0.101. The molecule has 0 spiro atoms. The van der Waals surface area contributed by atoms with Crippen molar-refractivity contribution in [3.63, 3.8) is 0 Å². The van der Waals surface area contributed by atoms with Gasteiger partial charge in [-0.05, 0) is 32.0 Å². The Morgan fingerprint density at radius 3 is 2.56 bits per heavy atom. The van der Waals surface area contributed by atoms with Crippen LogP contribution >= 0.6 is 0 Å². The third-order valence-corrected chi connectivity index (χ3v) is 2.53. The normalized spacial score (nSPS) is 10.2. The summed E-state index contributed by atoms with van der Waals surface area (Å²) < 4.78 is 6.62. The number of aromatic nitrogens is 3. The lowest BCUT2D eigenvalue weighted by atomic mass is 10.2. The molecule has 0 saturated carbocycles. The van der Waals surface area contributed by atoms with E-state index in [4.69, 9.17) is 4.74 Å². The quantitative estimate of drug-likeness (QED) is 0.886. The van der Waals surface area contributed by atoms with Crippen LogP contribution in [0.4, 0.5) is 0 Å². The van der Waals surface area contributed by atoms with Crippen molar-refractivity contribution in [1.29, 1.82) is 0 Å². The van der Waals surface area contributed by atoms with Crippen LogP contribution in [-0.2, 0) is 0 Å². The van der Waals surface area contributed by atoms with Gasteiger partial charge in [0.05, 0.1) is 7.11 Å². The van der Waals surface area contributed by atoms with Gasteiger partial charge < -0.3 is 4.74 Å². The van der Waals surface area contributed by atoms with E-state index in [0.29, 0.717) is 23.0 Å². The summed E-state index contributed by atoms with van der Waals surface area (Å²) >= 11 is 0. The Kier molecular flexibility index (Phi) is 3.27. The molecular formula is C12H14N4O2. The van der Waals surface area contributed by atoms with E-state index >= 15 is 0 Å². The van der Waals surface area contributed by atoms with Gasteiger partial charge in [-0.1, -0.05) is 6.07 Å². The summed E-state index contributed by atoms with van der Waals surface area (Å²) in [5, 5.41) is 7.74. The predicted molar refractivity (Wildman–Crippen MR) is 66.2 cm³/mol. The first-order valence-corrected chi connectivity index (χ1v) is 5.46. The molecule has 1 amide bonds. The summed E-state index contributed by atoms with van der Waals surface area (Å²) in [6, 6.07) is 6.93. The van der Waals surface area contributed by atoms with Gasteiger partial charge in [0.25, 0.3) is 5.91 Å². The maximum absolute atomic E-state index is 12.0. The van der Waals surface area contributed by atoms with Crippen LogP contribution in [-0.4, -0.2) is 27.9 Å². The molecule has 0 aliphatic heterocycles. The standard InChI is InChI=1S/C12H14N4O2/c1-8-13-14-9(2)16(8)15-12(17)10-5-4-6-11(7-10)18-3/h4-7H,1-3H3,(H,15,17). The average Bonchev–Trinajstić information content (AvgIpc) is 2.70. The van der Waals surface area contributed by atoms with Crippen molar-refractivity contribution < 1.29 is 9.53 Å². The molecule has 0 radical (unpaired) electrons. The molecule has 2 rings (SSSR count). The van der Waals surface area contributed by atoms with E-state index in [1.165, 1.54) is 0 Å². The molecule has 1 N–H and O–H groups in total. The second-order valence-electron chi connectivity index (χ2n) is 3.80. The van der Waals surface area contributed by atoms with Gasteiger partial charge in [0.2, 0.25) is 0 Å². The van der Waals surface area contributed by atoms with Crippen LogP contribution in [0.15, 0.2) is 24.3 Å². The number of benzene rings is 1. The van der Waals surface area contributed by atoms with Gasteiger partial charge in [0.1, 0.15) is 17.4 Å². The zero-order chi connectivity index (χ0) is 13.1. The van der Waals surface area contributed by atoms with E-state index in [1.54, 1.807) is 49.9 Å². The molecule has 0 bridgehead atoms. The number of ether oxygens (including phenoxy) is 1. The summed E-state index contributed by atoms with van der Waals surface area (Å²) in [5.41, 5.74) is 3.24. The Morgan fingerprint density at radius 1 is 1.28 bits per heavy atom. The highest BCUT2D eigenvalue weighted by molar-refractivity contribution is 6.00. The zero-order valence-corrected chi connectivity index (χ0v) is 10.5. The van der Waals surface area contributed by atoms with Crippen LogP contribution in [0.1, 0.15) is 22.0 Å². The number of methoxy groups -OCH3 is 1. The summed E-state index contributed by atoms with van der Waals surface area (Å²) in [6.07, 6.45) is 0. The number of carbonyl (C=O) groups is 1. The van der Waals surface area contributed by atoms with Crippen LogP contribution in [0, 0.1) is 13.8 Å². The summed E-state index contributed by atoms with van der Waals surface area (Å²) in [5.74, 6) is 1.66. The molecule has 0 atom stereocenters. The van der Waals surface area contributed by atoms with E-state index in [9.17, 15) is 4.79 Å². The molecule has 0 fully saturated rings. The Morgan fingerprint density at radius 2 is 1.94 bits per heavy atom. The highest BCUT2D eigenvalue weighted by Gasteiger charge is 2.10. The molecule has 1 heterocycles. The smallest absolute Gasteiger partial charge is 0.270 e. The molecule has 18 heavy (non-hydrogen) atoms. The van der Waals surface area contributed by atoms with E-state index in [0.717, 1.165) is 0 Å². The lowest BCUT2D eigenvalue weighted by Gasteiger charge is -2.09. The van der Waals surface area contributed by atoms with Crippen LogP contribution < -0.4 is 10.2 Å². The number of carbonyl (C=O) groups excluding carboxylic acids is 1. The minimum absolute atomic E-state index is 0.236. The van der Waals surface area contributed by atoms with Crippen molar-refractivity contribution in [2.75, 3.05) is 12.5 Å². The van der Waals surface area contributed by atoms with E-state index in [-0.39, 0.29) is 5.91 Å². The molecule has 6 nitrogen and oxygen atoms in total. The largest absolute Gasteiger partial charge is 0.497 e. The molecule has 0 aliphatic rings. The maximum Gasteiger partial charge on any atom is 0.270 e. The highest BCUT2D eigenvalue weighted by Crippen LogP contribution is 2.12. The third-order valence-electron chi connectivity index (χ3n) is 2.53. The van der Waals surface area contributed by atoms with Gasteiger partial charge in [-0.2, -0.15) is 0 Å². The molecule has 2 aromatic rings. The Bertz CT molecular complexity index is 558. The van der Waals surface area contributed by atoms with E-state index in [1.807, 2.05) is 0 Å². The summed E-state index contributed by atoms with van der Waals surface area (Å²) in [7, 11) is 1.56. The van der Waals surface area contributed by atoms with Gasteiger partial charge in [-0.15, -0.1) is 10.2 Å². The molecule has 0 unspecified atom stereocenters. The molecule has 94 valence electrons. The average molecular weight is 246 g/mol. The van der Waals surface area contributed by atoms with Crippen LogP contribution in [0.5, 0.6) is 5.75 Å². The minimum atomic E-state index is -0.236. The molecule has 1 aromatic heterocycles. The van der Waals surface area contributed by atoms with Crippen LogP contribution in [0.3, 0.4) is 0 Å². The molecular weight excluding hydrogens is 232 g/mol. The van der Waals surface area contributed by atoms with Crippen molar-refractivity contribution in [2.24, 2.45) is 0 Å². The van der Waals surface area contributed by atoms with Crippen LogP contribution in [0.2, 0.25) is 0 Å². The van der Waals surface area contributed by atoms with Crippen molar-refractivity contribution >= 4 is 5.91 Å². The van der Waals surface area contributed by atoms with Crippen molar-refractivity contribution in [2.45, 2.75) is 13.8 Å². The first kappa shape index (κ1) is 12.1. The monoisotopic (exact) mass is 246 g/mol. The third kappa shape index (κ3) is 2.32. The first-order valence-electron chi connectivity index (χ1n) is 5.46. The Labute approximate surface area is 105 Å². The van der Waals surface area contributed by atoms with Gasteiger partial charge >= 0.3 is 0 Å². The summed E-state index contributed by atoms with van der Waals surface area (Å²) in [6.45, 7) is 3.54. The minimum Gasteiger partial charge on any atom is -0.497 e. The second-order valence-corrected chi connectivity index (χ2v) is 3.80. The Balaban J connectivity index is 2.22. The maximum atomic E-state index is 12.0. The van der Waals surface area contributed by atoms with Gasteiger partial charge in [0.15, 0.2) is 0 Å². The highest BCUT2D eigenvalue weighted by atomic mass is 16.5. The fourth-order valence-corrected chi connectivity index (χ4v) is 1.56. The van der Waals surface area contributed by atoms with E-state index in [2.05, 4.69) is 15.6 Å². The van der Waals surface area contributed by atoms with E-state index < -0.39 is 0 Å². The van der Waals surface area contributed by atoms with Crippen molar-refractivity contribution in [3.05, 3.63) is 41.5 Å². The zero-order valence-electron chi connectivity index (χ0n) is 10.5. The fraction of sp³-hybridized carbons (Fsp3) is 0.250. The molecule has 0 aliphatic carbocycles. The SMILES string of the molecule is COc1cccc(C(=O)Nn2c(C)nnc2C)c1. The van der Waals surface area contributed by atoms with Gasteiger partial charge in [0, 0.05) is 5.56 Å². The van der Waals surface area contributed by atoms with Crippen LogP contribution in [0.25, 0.3) is 0 Å². The number of aryl methyl sites for hydroxylation is 2. The molecule has 1 aromatic carbocycles. The molecule has 6 heteroatoms. The number of nitrogens with one attached hydrogen (secondary N) is 1. The topological polar surface area (TPSA) is 69.0 Å². The Hall–Kier alpha value is -2.37.